The molecule has 0 radical (unpaired) electrons. The molecule has 0 aliphatic heterocycles. The minimum atomic E-state index is -0.477. The lowest BCUT2D eigenvalue weighted by molar-refractivity contribution is -0.384. The molecular weight excluding hydrogens is 272 g/mol. The van der Waals surface area contributed by atoms with Gasteiger partial charge in [-0.1, -0.05) is 13.8 Å². The first-order valence-corrected chi connectivity index (χ1v) is 6.41. The summed E-state index contributed by atoms with van der Waals surface area (Å²) in [7, 11) is 0. The molecule has 0 amide bonds. The molecule has 1 N–H and O–H groups in total. The number of oxazole rings is 1. The van der Waals surface area contributed by atoms with Crippen LogP contribution < -0.4 is 5.32 Å². The van der Waals surface area contributed by atoms with Crippen LogP contribution in [0.1, 0.15) is 19.5 Å². The van der Waals surface area contributed by atoms with Crippen molar-refractivity contribution in [1.29, 1.82) is 5.26 Å². The van der Waals surface area contributed by atoms with E-state index < -0.39 is 4.92 Å². The Morgan fingerprint density at radius 3 is 2.62 bits per heavy atom. The van der Waals surface area contributed by atoms with Crippen LogP contribution in [-0.2, 0) is 0 Å². The molecule has 1 heterocycles. The lowest BCUT2D eigenvalue weighted by Gasteiger charge is -2.04. The summed E-state index contributed by atoms with van der Waals surface area (Å²) in [6, 6.07) is 7.78. The van der Waals surface area contributed by atoms with E-state index in [1.165, 1.54) is 24.3 Å². The fourth-order valence-corrected chi connectivity index (χ4v) is 1.66. The summed E-state index contributed by atoms with van der Waals surface area (Å²) in [6.07, 6.45) is 0. The minimum Gasteiger partial charge on any atom is -0.419 e. The maximum absolute atomic E-state index is 10.6. The molecule has 0 aliphatic carbocycles. The van der Waals surface area contributed by atoms with Crippen LogP contribution in [0.2, 0.25) is 0 Å². The fraction of sp³-hybridized carbons (Fsp3) is 0.286. The number of aromatic nitrogens is 1. The van der Waals surface area contributed by atoms with Crippen molar-refractivity contribution in [3.8, 4) is 17.5 Å². The summed E-state index contributed by atoms with van der Waals surface area (Å²) in [6.45, 7) is 4.73. The molecule has 0 aliphatic rings. The van der Waals surface area contributed by atoms with Crippen LogP contribution in [0.25, 0.3) is 11.5 Å². The molecular formula is C14H14N4O3. The van der Waals surface area contributed by atoms with Crippen molar-refractivity contribution in [2.75, 3.05) is 11.9 Å². The Morgan fingerprint density at radius 1 is 1.43 bits per heavy atom. The molecule has 0 unspecified atom stereocenters. The van der Waals surface area contributed by atoms with Gasteiger partial charge in [0.05, 0.1) is 4.92 Å². The molecule has 0 spiro atoms. The predicted octanol–water partition coefficient (Wildman–Crippen LogP) is 3.19. The van der Waals surface area contributed by atoms with Gasteiger partial charge in [-0.3, -0.25) is 10.1 Å². The largest absolute Gasteiger partial charge is 0.419 e. The number of nitriles is 1. The Kier molecular flexibility index (Phi) is 4.18. The van der Waals surface area contributed by atoms with Crippen LogP contribution in [-0.4, -0.2) is 16.5 Å². The lowest BCUT2D eigenvalue weighted by atomic mass is 10.2. The second-order valence-electron chi connectivity index (χ2n) is 4.89. The average Bonchev–Trinajstić information content (AvgIpc) is 2.88. The van der Waals surface area contributed by atoms with E-state index in [9.17, 15) is 10.1 Å². The summed E-state index contributed by atoms with van der Waals surface area (Å²) in [5.41, 5.74) is 0.739. The monoisotopic (exact) mass is 286 g/mol. The molecule has 2 rings (SSSR count). The zero-order valence-electron chi connectivity index (χ0n) is 11.7. The Morgan fingerprint density at radius 2 is 2.10 bits per heavy atom. The summed E-state index contributed by atoms with van der Waals surface area (Å²) in [5.74, 6) is 0.969. The molecule has 0 bridgehead atoms. The second kappa shape index (κ2) is 6.05. The van der Waals surface area contributed by atoms with Crippen molar-refractivity contribution in [3.63, 3.8) is 0 Å². The summed E-state index contributed by atoms with van der Waals surface area (Å²) in [5, 5.41) is 22.7. The first-order valence-electron chi connectivity index (χ1n) is 6.41. The smallest absolute Gasteiger partial charge is 0.269 e. The van der Waals surface area contributed by atoms with Gasteiger partial charge in [-0.15, -0.1) is 0 Å². The van der Waals surface area contributed by atoms with E-state index in [-0.39, 0.29) is 17.3 Å². The topological polar surface area (TPSA) is 105 Å². The highest BCUT2D eigenvalue weighted by molar-refractivity contribution is 5.60. The van der Waals surface area contributed by atoms with Gasteiger partial charge >= 0.3 is 0 Å². The maximum atomic E-state index is 10.6. The first-order chi connectivity index (χ1) is 10.0. The molecule has 0 saturated carbocycles. The van der Waals surface area contributed by atoms with Gasteiger partial charge < -0.3 is 9.73 Å². The molecule has 0 atom stereocenters. The molecule has 1 aromatic heterocycles. The first kappa shape index (κ1) is 14.5. The Labute approximate surface area is 121 Å². The van der Waals surface area contributed by atoms with Crippen molar-refractivity contribution in [2.24, 2.45) is 5.92 Å². The average molecular weight is 286 g/mol. The van der Waals surface area contributed by atoms with Crippen LogP contribution in [0.3, 0.4) is 0 Å². The SMILES string of the molecule is CC(C)CNc1oc(-c2ccc([N+](=O)[O-])cc2)nc1C#N. The van der Waals surface area contributed by atoms with Gasteiger partial charge in [0.2, 0.25) is 17.5 Å². The van der Waals surface area contributed by atoms with Gasteiger partial charge in [0.1, 0.15) is 6.07 Å². The molecule has 2 aromatic rings. The van der Waals surface area contributed by atoms with E-state index in [0.717, 1.165) is 0 Å². The number of nitro benzene ring substituents is 1. The highest BCUT2D eigenvalue weighted by Gasteiger charge is 2.15. The number of nitrogens with zero attached hydrogens (tertiary/aromatic N) is 3. The molecule has 0 fully saturated rings. The van der Waals surface area contributed by atoms with E-state index in [4.69, 9.17) is 9.68 Å². The van der Waals surface area contributed by atoms with E-state index in [0.29, 0.717) is 23.9 Å². The standard InChI is InChI=1S/C14H14N4O3/c1-9(2)8-16-14-12(7-15)17-13(21-14)10-3-5-11(6-4-10)18(19)20/h3-6,9,16H,8H2,1-2H3. The highest BCUT2D eigenvalue weighted by atomic mass is 16.6. The second-order valence-corrected chi connectivity index (χ2v) is 4.89. The van der Waals surface area contributed by atoms with Crippen molar-refractivity contribution < 1.29 is 9.34 Å². The molecule has 1 aromatic carbocycles. The van der Waals surface area contributed by atoms with Crippen LogP contribution in [0.15, 0.2) is 28.7 Å². The summed E-state index contributed by atoms with van der Waals surface area (Å²) >= 11 is 0. The molecule has 7 heteroatoms. The van der Waals surface area contributed by atoms with E-state index >= 15 is 0 Å². The number of rotatable bonds is 5. The number of non-ortho nitro benzene ring substituents is 1. The third-order valence-corrected chi connectivity index (χ3v) is 2.73. The number of benzene rings is 1. The van der Waals surface area contributed by atoms with E-state index in [1.807, 2.05) is 19.9 Å². The highest BCUT2D eigenvalue weighted by Crippen LogP contribution is 2.26. The third kappa shape index (κ3) is 3.36. The van der Waals surface area contributed by atoms with Crippen molar-refractivity contribution in [2.45, 2.75) is 13.8 Å². The van der Waals surface area contributed by atoms with Crippen LogP contribution >= 0.6 is 0 Å². The quantitative estimate of drug-likeness (QED) is 0.668. The zero-order valence-corrected chi connectivity index (χ0v) is 11.7. The Hall–Kier alpha value is -2.88. The Bertz CT molecular complexity index is 683. The van der Waals surface area contributed by atoms with Gasteiger partial charge in [0.15, 0.2) is 0 Å². The van der Waals surface area contributed by atoms with Crippen LogP contribution in [0, 0.1) is 27.4 Å². The number of hydrogen-bond donors (Lipinski definition) is 1. The van der Waals surface area contributed by atoms with Crippen LogP contribution in [0.5, 0.6) is 0 Å². The maximum Gasteiger partial charge on any atom is 0.269 e. The van der Waals surface area contributed by atoms with Gasteiger partial charge in [-0.2, -0.15) is 10.2 Å². The number of hydrogen-bond acceptors (Lipinski definition) is 6. The Balaban J connectivity index is 2.28. The number of nitro groups is 1. The number of anilines is 1. The van der Waals surface area contributed by atoms with Gasteiger partial charge in [0, 0.05) is 24.2 Å². The number of nitrogens with one attached hydrogen (secondary N) is 1. The van der Waals surface area contributed by atoms with Crippen molar-refractivity contribution in [1.82, 2.24) is 4.98 Å². The lowest BCUT2D eigenvalue weighted by Crippen LogP contribution is -2.08. The van der Waals surface area contributed by atoms with Gasteiger partial charge in [-0.05, 0) is 18.1 Å². The van der Waals surface area contributed by atoms with Crippen molar-refractivity contribution >= 4 is 11.6 Å². The van der Waals surface area contributed by atoms with E-state index in [1.54, 1.807) is 0 Å². The van der Waals surface area contributed by atoms with Crippen LogP contribution in [0.4, 0.5) is 11.6 Å². The molecule has 0 saturated heterocycles. The predicted molar refractivity (Wildman–Crippen MR) is 76.6 cm³/mol. The fourth-order valence-electron chi connectivity index (χ4n) is 1.66. The van der Waals surface area contributed by atoms with Crippen molar-refractivity contribution in [3.05, 3.63) is 40.1 Å². The van der Waals surface area contributed by atoms with E-state index in [2.05, 4.69) is 10.3 Å². The summed E-state index contributed by atoms with van der Waals surface area (Å²) in [4.78, 5) is 14.2. The van der Waals surface area contributed by atoms with Gasteiger partial charge in [0.25, 0.3) is 5.69 Å². The third-order valence-electron chi connectivity index (χ3n) is 2.73. The molecule has 7 nitrogen and oxygen atoms in total. The summed E-state index contributed by atoms with van der Waals surface area (Å²) < 4.78 is 5.53. The van der Waals surface area contributed by atoms with Gasteiger partial charge in [-0.25, -0.2) is 0 Å². The minimum absolute atomic E-state index is 0.0102. The normalized spacial score (nSPS) is 10.4. The molecule has 108 valence electrons. The zero-order chi connectivity index (χ0) is 15.4. The molecule has 21 heavy (non-hydrogen) atoms.